The first-order valence-electron chi connectivity index (χ1n) is 9.39. The Bertz CT molecular complexity index is 876. The number of aromatic nitrogens is 2. The Morgan fingerprint density at radius 3 is 2.36 bits per heavy atom. The van der Waals surface area contributed by atoms with E-state index in [1.807, 2.05) is 20.8 Å². The van der Waals surface area contributed by atoms with Crippen LogP contribution in [0.1, 0.15) is 52.0 Å². The van der Waals surface area contributed by atoms with Gasteiger partial charge in [-0.3, -0.25) is 9.99 Å². The van der Waals surface area contributed by atoms with Crippen molar-refractivity contribution < 1.29 is 14.0 Å². The molecule has 0 bridgehead atoms. The number of nitrogens with zero attached hydrogens (tertiary/aromatic N) is 2. The number of hydrogen-bond donors (Lipinski definition) is 3. The van der Waals surface area contributed by atoms with E-state index in [4.69, 9.17) is 10.3 Å². The van der Waals surface area contributed by atoms with Crippen LogP contribution in [0.4, 0.5) is 11.5 Å². The Kier molecular flexibility index (Phi) is 7.41. The van der Waals surface area contributed by atoms with Gasteiger partial charge in [-0.1, -0.05) is 38.8 Å². The van der Waals surface area contributed by atoms with E-state index in [0.29, 0.717) is 18.5 Å². The van der Waals surface area contributed by atoms with E-state index in [0.717, 1.165) is 18.4 Å². The first-order chi connectivity index (χ1) is 13.2. The number of nitrogens with one attached hydrogen (secondary N) is 1. The zero-order valence-electron chi connectivity index (χ0n) is 16.6. The summed E-state index contributed by atoms with van der Waals surface area (Å²) in [6, 6.07) is 8.56. The molecule has 1 aromatic heterocycles. The van der Waals surface area contributed by atoms with Crippen LogP contribution in [-0.4, -0.2) is 19.7 Å². The molecule has 0 saturated heterocycles. The highest BCUT2D eigenvalue weighted by atomic mass is 31.2. The van der Waals surface area contributed by atoms with E-state index in [1.165, 1.54) is 16.9 Å². The summed E-state index contributed by atoms with van der Waals surface area (Å²) in [5.74, 6) is 0.155. The van der Waals surface area contributed by atoms with Gasteiger partial charge in [-0.2, -0.15) is 4.98 Å². The monoisotopic (exact) mass is 408 g/mol. The van der Waals surface area contributed by atoms with Crippen molar-refractivity contribution in [1.29, 1.82) is 0 Å². The van der Waals surface area contributed by atoms with Gasteiger partial charge in [0.25, 0.3) is 0 Å². The molecule has 0 aliphatic heterocycles. The first kappa shape index (κ1) is 22.1. The first-order valence-corrected chi connectivity index (χ1v) is 11.0. The minimum atomic E-state index is -3.77. The molecule has 8 nitrogen and oxygen atoms in total. The van der Waals surface area contributed by atoms with Crippen molar-refractivity contribution in [2.75, 3.05) is 11.2 Å². The zero-order valence-corrected chi connectivity index (χ0v) is 17.5. The number of anilines is 2. The number of benzene rings is 1. The van der Waals surface area contributed by atoms with E-state index < -0.39 is 18.4 Å². The smallest absolute Gasteiger partial charge is 0.368 e. The molecule has 28 heavy (non-hydrogen) atoms. The summed E-state index contributed by atoms with van der Waals surface area (Å²) >= 11 is 0. The largest absolute Gasteiger partial charge is 0.383 e. The summed E-state index contributed by atoms with van der Waals surface area (Å²) in [4.78, 5) is 25.9. The van der Waals surface area contributed by atoms with Crippen LogP contribution in [-0.2, 0) is 15.7 Å². The van der Waals surface area contributed by atoms with Crippen molar-refractivity contribution in [3.63, 3.8) is 0 Å². The highest BCUT2D eigenvalue weighted by Crippen LogP contribution is 2.59. The van der Waals surface area contributed by atoms with Crippen molar-refractivity contribution in [3.05, 3.63) is 52.6 Å². The van der Waals surface area contributed by atoms with Crippen LogP contribution in [0.3, 0.4) is 0 Å². The van der Waals surface area contributed by atoms with Gasteiger partial charge in [0.05, 0.1) is 17.5 Å². The topological polar surface area (TPSA) is 119 Å². The summed E-state index contributed by atoms with van der Waals surface area (Å²) in [6.45, 7) is 5.87. The molecular formula is C19H29N4O4P. The molecule has 4 N–H and O–H groups in total. The predicted octanol–water partition coefficient (Wildman–Crippen LogP) is 3.76. The Balaban J connectivity index is 2.03. The number of rotatable bonds is 10. The lowest BCUT2D eigenvalue weighted by molar-refractivity contribution is 0.220. The maximum absolute atomic E-state index is 12.8. The van der Waals surface area contributed by atoms with Gasteiger partial charge in [0, 0.05) is 6.20 Å². The molecule has 0 amide bonds. The Morgan fingerprint density at radius 1 is 1.21 bits per heavy atom. The molecule has 2 aromatic rings. The second-order valence-electron chi connectivity index (χ2n) is 7.10. The SMILES string of the molecule is CCCC(C)(CCC)P(=O)(O)OCc1ccc(Nn2ccc(N)nc2=O)cc1. The third kappa shape index (κ3) is 5.44. The van der Waals surface area contributed by atoms with Crippen molar-refractivity contribution in [1.82, 2.24) is 9.66 Å². The molecular weight excluding hydrogens is 379 g/mol. The van der Waals surface area contributed by atoms with E-state index in [-0.39, 0.29) is 12.4 Å². The van der Waals surface area contributed by atoms with E-state index in [9.17, 15) is 14.3 Å². The molecule has 0 radical (unpaired) electrons. The van der Waals surface area contributed by atoms with E-state index in [1.54, 1.807) is 24.3 Å². The summed E-state index contributed by atoms with van der Waals surface area (Å²) in [7, 11) is -3.77. The third-order valence-electron chi connectivity index (χ3n) is 4.69. The highest BCUT2D eigenvalue weighted by Gasteiger charge is 2.43. The molecule has 0 spiro atoms. The fraction of sp³-hybridized carbons (Fsp3) is 0.474. The average molecular weight is 408 g/mol. The number of hydrogen-bond acceptors (Lipinski definition) is 6. The van der Waals surface area contributed by atoms with E-state index in [2.05, 4.69) is 10.4 Å². The summed E-state index contributed by atoms with van der Waals surface area (Å²) in [5.41, 5.74) is 9.27. The minimum absolute atomic E-state index is 0.0421. The van der Waals surface area contributed by atoms with Crippen molar-refractivity contribution >= 4 is 19.1 Å². The average Bonchev–Trinajstić information content (AvgIpc) is 2.64. The number of nitrogen functional groups attached to an aromatic ring is 1. The number of nitrogens with two attached hydrogens (primary N) is 1. The normalized spacial score (nSPS) is 13.9. The standard InChI is InChI=1S/C19H29N4O4P/c1-4-11-19(3,12-5-2)28(25,26)27-14-15-6-8-16(9-7-15)22-23-13-10-17(20)21-18(23)24/h6-10,13,22H,4-5,11-12,14H2,1-3H3,(H,25,26)(H2,20,21,24). The van der Waals surface area contributed by atoms with Crippen molar-refractivity contribution in [2.24, 2.45) is 0 Å². The molecule has 1 heterocycles. The highest BCUT2D eigenvalue weighted by molar-refractivity contribution is 7.54. The Labute approximate surface area is 165 Å². The second-order valence-corrected chi connectivity index (χ2v) is 9.48. The fourth-order valence-corrected chi connectivity index (χ4v) is 4.77. The van der Waals surface area contributed by atoms with Gasteiger partial charge in [-0.25, -0.2) is 9.47 Å². The summed E-state index contributed by atoms with van der Waals surface area (Å²) in [5, 5.41) is -0.735. The van der Waals surface area contributed by atoms with Crippen LogP contribution in [0.25, 0.3) is 0 Å². The molecule has 0 aliphatic carbocycles. The molecule has 1 atom stereocenters. The lowest BCUT2D eigenvalue weighted by Gasteiger charge is -2.33. The minimum Gasteiger partial charge on any atom is -0.383 e. The second kappa shape index (κ2) is 9.37. The fourth-order valence-electron chi connectivity index (χ4n) is 3.12. The summed E-state index contributed by atoms with van der Waals surface area (Å²) < 4.78 is 19.5. The van der Waals surface area contributed by atoms with Gasteiger partial charge in [0.2, 0.25) is 0 Å². The zero-order chi connectivity index (χ0) is 20.8. The third-order valence-corrected chi connectivity index (χ3v) is 6.98. The maximum atomic E-state index is 12.8. The molecule has 0 aliphatic rings. The lowest BCUT2D eigenvalue weighted by atomic mass is 10.00. The molecule has 2 rings (SSSR count). The summed E-state index contributed by atoms with van der Waals surface area (Å²) in [6.07, 6.45) is 4.42. The molecule has 1 unspecified atom stereocenters. The van der Waals surface area contributed by atoms with Gasteiger partial charge in [-0.05, 0) is 43.5 Å². The Morgan fingerprint density at radius 2 is 1.82 bits per heavy atom. The van der Waals surface area contributed by atoms with Crippen LogP contribution in [0.5, 0.6) is 0 Å². The van der Waals surface area contributed by atoms with E-state index >= 15 is 0 Å². The molecule has 0 saturated carbocycles. The Hall–Kier alpha value is -2.15. The molecule has 154 valence electrons. The van der Waals surface area contributed by atoms with Gasteiger partial charge in [-0.15, -0.1) is 0 Å². The van der Waals surface area contributed by atoms with Crippen molar-refractivity contribution in [2.45, 2.75) is 58.2 Å². The van der Waals surface area contributed by atoms with Crippen LogP contribution >= 0.6 is 7.60 Å². The van der Waals surface area contributed by atoms with Crippen molar-refractivity contribution in [3.8, 4) is 0 Å². The van der Waals surface area contributed by atoms with Gasteiger partial charge in [0.15, 0.2) is 0 Å². The maximum Gasteiger partial charge on any atom is 0.368 e. The molecule has 1 aromatic carbocycles. The van der Waals surface area contributed by atoms with Crippen LogP contribution < -0.4 is 16.8 Å². The quantitative estimate of drug-likeness (QED) is 0.512. The molecule has 0 fully saturated rings. The van der Waals surface area contributed by atoms with Gasteiger partial charge < -0.3 is 15.2 Å². The van der Waals surface area contributed by atoms with Gasteiger partial charge >= 0.3 is 13.3 Å². The lowest BCUT2D eigenvalue weighted by Crippen LogP contribution is -2.28. The predicted molar refractivity (Wildman–Crippen MR) is 111 cm³/mol. The molecule has 9 heteroatoms. The van der Waals surface area contributed by atoms with Gasteiger partial charge in [0.1, 0.15) is 5.82 Å². The van der Waals surface area contributed by atoms with Crippen LogP contribution in [0.2, 0.25) is 0 Å². The van der Waals surface area contributed by atoms with Crippen LogP contribution in [0.15, 0.2) is 41.3 Å². The van der Waals surface area contributed by atoms with Crippen LogP contribution in [0, 0.1) is 0 Å².